The summed E-state index contributed by atoms with van der Waals surface area (Å²) in [7, 11) is 0. The number of nitrogens with two attached hydrogens (primary N) is 1. The standard InChI is InChI=1S/C15H22N2/c1-13-4-2-5-15(12-13)14-6-10-17(11-7-14)9-3-8-16/h2,4-6,12H,3,7-11,16H2,1H3. The van der Waals surface area contributed by atoms with Crippen LogP contribution in [0.25, 0.3) is 5.57 Å². The highest BCUT2D eigenvalue weighted by atomic mass is 15.1. The molecule has 1 aliphatic heterocycles. The molecule has 92 valence electrons. The Balaban J connectivity index is 1.98. The van der Waals surface area contributed by atoms with Gasteiger partial charge in [-0.05, 0) is 44.0 Å². The second-order valence-electron chi connectivity index (χ2n) is 4.79. The summed E-state index contributed by atoms with van der Waals surface area (Å²) in [6.07, 6.45) is 4.64. The van der Waals surface area contributed by atoms with E-state index in [1.54, 1.807) is 0 Å². The van der Waals surface area contributed by atoms with Crippen LogP contribution in [0.5, 0.6) is 0 Å². The minimum Gasteiger partial charge on any atom is -0.330 e. The Hall–Kier alpha value is -1.12. The molecule has 0 spiro atoms. The zero-order chi connectivity index (χ0) is 12.1. The van der Waals surface area contributed by atoms with Gasteiger partial charge in [0.1, 0.15) is 0 Å². The van der Waals surface area contributed by atoms with Crippen LogP contribution in [-0.4, -0.2) is 31.1 Å². The largest absolute Gasteiger partial charge is 0.330 e. The predicted octanol–water partition coefficient (Wildman–Crippen LogP) is 2.43. The van der Waals surface area contributed by atoms with Gasteiger partial charge in [0.05, 0.1) is 0 Å². The highest BCUT2D eigenvalue weighted by Gasteiger charge is 2.12. The molecule has 0 aromatic heterocycles. The molecule has 0 aliphatic carbocycles. The molecule has 1 heterocycles. The van der Waals surface area contributed by atoms with Crippen LogP contribution in [0.1, 0.15) is 24.0 Å². The van der Waals surface area contributed by atoms with E-state index in [0.29, 0.717) is 0 Å². The smallest absolute Gasteiger partial charge is 0.0169 e. The quantitative estimate of drug-likeness (QED) is 0.861. The van der Waals surface area contributed by atoms with E-state index in [9.17, 15) is 0 Å². The molecule has 1 aliphatic rings. The Morgan fingerprint density at radius 3 is 2.88 bits per heavy atom. The van der Waals surface area contributed by atoms with Crippen LogP contribution < -0.4 is 5.73 Å². The Labute approximate surface area is 104 Å². The van der Waals surface area contributed by atoms with Gasteiger partial charge in [-0.15, -0.1) is 0 Å². The molecule has 1 aromatic carbocycles. The van der Waals surface area contributed by atoms with Crippen molar-refractivity contribution in [2.24, 2.45) is 5.73 Å². The first-order valence-electron chi connectivity index (χ1n) is 6.48. The van der Waals surface area contributed by atoms with Gasteiger partial charge in [0.15, 0.2) is 0 Å². The molecular weight excluding hydrogens is 208 g/mol. The second kappa shape index (κ2) is 5.99. The van der Waals surface area contributed by atoms with Gasteiger partial charge in [-0.2, -0.15) is 0 Å². The highest BCUT2D eigenvalue weighted by molar-refractivity contribution is 5.67. The molecule has 1 aromatic rings. The first-order valence-corrected chi connectivity index (χ1v) is 6.48. The summed E-state index contributed by atoms with van der Waals surface area (Å²) in [5.41, 5.74) is 9.77. The van der Waals surface area contributed by atoms with Crippen molar-refractivity contribution in [2.75, 3.05) is 26.2 Å². The van der Waals surface area contributed by atoms with Crippen LogP contribution in [0.3, 0.4) is 0 Å². The fourth-order valence-electron chi connectivity index (χ4n) is 2.34. The van der Waals surface area contributed by atoms with Gasteiger partial charge >= 0.3 is 0 Å². The lowest BCUT2D eigenvalue weighted by molar-refractivity contribution is 0.300. The van der Waals surface area contributed by atoms with E-state index < -0.39 is 0 Å². The van der Waals surface area contributed by atoms with Gasteiger partial charge in [-0.25, -0.2) is 0 Å². The fourth-order valence-corrected chi connectivity index (χ4v) is 2.34. The molecule has 0 amide bonds. The van der Waals surface area contributed by atoms with Gasteiger partial charge in [0, 0.05) is 13.1 Å². The van der Waals surface area contributed by atoms with Gasteiger partial charge < -0.3 is 5.73 Å². The van der Waals surface area contributed by atoms with Crippen molar-refractivity contribution in [1.82, 2.24) is 4.90 Å². The molecule has 0 saturated heterocycles. The van der Waals surface area contributed by atoms with E-state index in [1.165, 1.54) is 23.2 Å². The van der Waals surface area contributed by atoms with Crippen molar-refractivity contribution in [3.63, 3.8) is 0 Å². The number of benzene rings is 1. The summed E-state index contributed by atoms with van der Waals surface area (Å²) in [4.78, 5) is 2.48. The second-order valence-corrected chi connectivity index (χ2v) is 4.79. The fraction of sp³-hybridized carbons (Fsp3) is 0.467. The van der Waals surface area contributed by atoms with Crippen LogP contribution >= 0.6 is 0 Å². The Morgan fingerprint density at radius 2 is 2.24 bits per heavy atom. The van der Waals surface area contributed by atoms with E-state index in [4.69, 9.17) is 5.73 Å². The zero-order valence-corrected chi connectivity index (χ0v) is 10.7. The molecule has 2 rings (SSSR count). The van der Waals surface area contributed by atoms with Crippen molar-refractivity contribution in [1.29, 1.82) is 0 Å². The average molecular weight is 230 g/mol. The van der Waals surface area contributed by atoms with Gasteiger partial charge in [-0.3, -0.25) is 4.90 Å². The number of hydrogen-bond acceptors (Lipinski definition) is 2. The Kier molecular flexibility index (Phi) is 4.35. The maximum atomic E-state index is 5.54. The highest BCUT2D eigenvalue weighted by Crippen LogP contribution is 2.22. The van der Waals surface area contributed by atoms with E-state index in [2.05, 4.69) is 42.2 Å². The van der Waals surface area contributed by atoms with Gasteiger partial charge in [0.2, 0.25) is 0 Å². The van der Waals surface area contributed by atoms with E-state index in [0.717, 1.165) is 32.5 Å². The summed E-state index contributed by atoms with van der Waals surface area (Å²) in [5, 5.41) is 0. The third kappa shape index (κ3) is 3.42. The van der Waals surface area contributed by atoms with Crippen molar-refractivity contribution >= 4 is 5.57 Å². The molecule has 2 heteroatoms. The molecule has 0 radical (unpaired) electrons. The summed E-state index contributed by atoms with van der Waals surface area (Å²) in [6, 6.07) is 8.79. The molecule has 0 atom stereocenters. The normalized spacial score (nSPS) is 16.9. The lowest BCUT2D eigenvalue weighted by Gasteiger charge is -2.26. The third-order valence-corrected chi connectivity index (χ3v) is 3.36. The maximum absolute atomic E-state index is 5.54. The number of aryl methyl sites for hydroxylation is 1. The first-order chi connectivity index (χ1) is 8.29. The Morgan fingerprint density at radius 1 is 1.35 bits per heavy atom. The molecule has 0 fully saturated rings. The first kappa shape index (κ1) is 12.3. The van der Waals surface area contributed by atoms with Crippen molar-refractivity contribution in [3.05, 3.63) is 41.5 Å². The minimum atomic E-state index is 0.797. The van der Waals surface area contributed by atoms with Gasteiger partial charge in [0.25, 0.3) is 0 Å². The monoisotopic (exact) mass is 230 g/mol. The Bertz CT molecular complexity index is 396. The minimum absolute atomic E-state index is 0.797. The zero-order valence-electron chi connectivity index (χ0n) is 10.7. The van der Waals surface area contributed by atoms with Crippen molar-refractivity contribution in [2.45, 2.75) is 19.8 Å². The van der Waals surface area contributed by atoms with E-state index >= 15 is 0 Å². The lowest BCUT2D eigenvalue weighted by atomic mass is 9.98. The summed E-state index contributed by atoms with van der Waals surface area (Å²) in [5.74, 6) is 0. The molecule has 0 unspecified atom stereocenters. The van der Waals surface area contributed by atoms with Crippen LogP contribution in [0.15, 0.2) is 30.3 Å². The van der Waals surface area contributed by atoms with Crippen molar-refractivity contribution < 1.29 is 0 Å². The van der Waals surface area contributed by atoms with E-state index in [1.807, 2.05) is 0 Å². The predicted molar refractivity (Wildman–Crippen MR) is 73.9 cm³/mol. The molecule has 17 heavy (non-hydrogen) atoms. The SMILES string of the molecule is Cc1cccc(C2=CCN(CCCN)CC2)c1. The van der Waals surface area contributed by atoms with Crippen LogP contribution in [0, 0.1) is 6.92 Å². The van der Waals surface area contributed by atoms with Gasteiger partial charge in [-0.1, -0.05) is 35.9 Å². The third-order valence-electron chi connectivity index (χ3n) is 3.36. The molecule has 2 nitrogen and oxygen atoms in total. The maximum Gasteiger partial charge on any atom is 0.0169 e. The summed E-state index contributed by atoms with van der Waals surface area (Å²) >= 11 is 0. The van der Waals surface area contributed by atoms with Crippen molar-refractivity contribution in [3.8, 4) is 0 Å². The number of nitrogens with zero attached hydrogens (tertiary/aromatic N) is 1. The molecule has 2 N–H and O–H groups in total. The number of rotatable bonds is 4. The summed E-state index contributed by atoms with van der Waals surface area (Å²) in [6.45, 7) is 6.32. The number of hydrogen-bond donors (Lipinski definition) is 1. The topological polar surface area (TPSA) is 29.3 Å². The van der Waals surface area contributed by atoms with Crippen LogP contribution in [-0.2, 0) is 0 Å². The molecular formula is C15H22N2. The van der Waals surface area contributed by atoms with E-state index in [-0.39, 0.29) is 0 Å². The van der Waals surface area contributed by atoms with Crippen LogP contribution in [0.4, 0.5) is 0 Å². The average Bonchev–Trinajstić information content (AvgIpc) is 2.37. The molecule has 0 saturated carbocycles. The van der Waals surface area contributed by atoms with Crippen LogP contribution in [0.2, 0.25) is 0 Å². The summed E-state index contributed by atoms with van der Waals surface area (Å²) < 4.78 is 0. The lowest BCUT2D eigenvalue weighted by Crippen LogP contribution is -2.30. The molecule has 0 bridgehead atoms.